The smallest absolute Gasteiger partial charge is 0.180 e. The highest BCUT2D eigenvalue weighted by Crippen LogP contribution is 2.16. The summed E-state index contributed by atoms with van der Waals surface area (Å²) in [5, 5.41) is 12.0. The van der Waals surface area contributed by atoms with E-state index in [0.717, 1.165) is 18.5 Å². The third-order valence-electron chi connectivity index (χ3n) is 2.57. The van der Waals surface area contributed by atoms with Gasteiger partial charge in [-0.15, -0.1) is 0 Å². The maximum Gasteiger partial charge on any atom is 0.180 e. The number of nitrogens with one attached hydrogen (secondary N) is 1. The second-order valence-corrected chi connectivity index (χ2v) is 4.08. The number of nitrogens with zero attached hydrogens (tertiary/aromatic N) is 3. The van der Waals surface area contributed by atoms with Gasteiger partial charge in [-0.2, -0.15) is 0 Å². The van der Waals surface area contributed by atoms with Crippen LogP contribution in [-0.2, 0) is 0 Å². The summed E-state index contributed by atoms with van der Waals surface area (Å²) in [6.45, 7) is 2.25. The summed E-state index contributed by atoms with van der Waals surface area (Å²) in [6.07, 6.45) is 6.91. The molecule has 2 heterocycles. The highest BCUT2D eigenvalue weighted by atomic mass is 16.2. The quantitative estimate of drug-likeness (QED) is 0.716. The van der Waals surface area contributed by atoms with E-state index in [1.165, 1.54) is 0 Å². The van der Waals surface area contributed by atoms with E-state index >= 15 is 0 Å². The van der Waals surface area contributed by atoms with E-state index < -0.39 is 0 Å². The average molecular weight is 235 g/mol. The van der Waals surface area contributed by atoms with Gasteiger partial charge in [0.15, 0.2) is 11.5 Å². The van der Waals surface area contributed by atoms with Crippen molar-refractivity contribution in [3.63, 3.8) is 0 Å². The second-order valence-electron chi connectivity index (χ2n) is 4.08. The van der Waals surface area contributed by atoms with E-state index in [9.17, 15) is 0 Å². The van der Waals surface area contributed by atoms with Crippen molar-refractivity contribution in [1.29, 1.82) is 0 Å². The molecule has 0 aliphatic rings. The lowest BCUT2D eigenvalue weighted by Gasteiger charge is -2.14. The van der Waals surface area contributed by atoms with E-state index in [-0.39, 0.29) is 12.6 Å². The minimum absolute atomic E-state index is 0.204. The number of rotatable bonds is 5. The van der Waals surface area contributed by atoms with Crippen molar-refractivity contribution in [3.8, 4) is 0 Å². The van der Waals surface area contributed by atoms with Gasteiger partial charge in [0, 0.05) is 25.0 Å². The summed E-state index contributed by atoms with van der Waals surface area (Å²) in [5.41, 5.74) is 6.48. The first kappa shape index (κ1) is 11.7. The zero-order valence-electron chi connectivity index (χ0n) is 9.80. The lowest BCUT2D eigenvalue weighted by Crippen LogP contribution is -2.17. The first-order chi connectivity index (χ1) is 8.20. The molecule has 1 unspecified atom stereocenters. The molecule has 0 aliphatic heterocycles. The molecule has 17 heavy (non-hydrogen) atoms. The number of anilines is 2. The molecule has 6 nitrogen and oxygen atoms in total. The highest BCUT2D eigenvalue weighted by molar-refractivity contribution is 5.65. The fraction of sp³-hybridized carbons (Fsp3) is 0.455. The second kappa shape index (κ2) is 5.01. The molecule has 0 aliphatic carbocycles. The van der Waals surface area contributed by atoms with Gasteiger partial charge in [0.05, 0.1) is 6.20 Å². The number of aliphatic hydroxyl groups is 1. The molecule has 4 N–H and O–H groups in total. The molecule has 2 rings (SSSR count). The van der Waals surface area contributed by atoms with Gasteiger partial charge in [-0.3, -0.25) is 0 Å². The van der Waals surface area contributed by atoms with Crippen LogP contribution in [0.25, 0.3) is 5.65 Å². The van der Waals surface area contributed by atoms with Crippen molar-refractivity contribution in [2.45, 2.75) is 25.8 Å². The lowest BCUT2D eigenvalue weighted by molar-refractivity contribution is 0.282. The van der Waals surface area contributed by atoms with Gasteiger partial charge in [0.25, 0.3) is 0 Å². The van der Waals surface area contributed by atoms with Gasteiger partial charge in [-0.1, -0.05) is 0 Å². The van der Waals surface area contributed by atoms with Crippen LogP contribution in [0.4, 0.5) is 11.6 Å². The molecular weight excluding hydrogens is 218 g/mol. The molecule has 1 atom stereocenters. The molecule has 2 aromatic rings. The third-order valence-corrected chi connectivity index (χ3v) is 2.57. The van der Waals surface area contributed by atoms with Crippen molar-refractivity contribution in [2.75, 3.05) is 17.7 Å². The fourth-order valence-electron chi connectivity index (χ4n) is 1.75. The Bertz CT molecular complexity index is 496. The number of fused-ring (bicyclic) bond motifs is 1. The summed E-state index contributed by atoms with van der Waals surface area (Å²) >= 11 is 0. The SMILES string of the molecule is CC(CCCO)Nc1nc(N)cn2ccnc12. The molecule has 0 fully saturated rings. The Hall–Kier alpha value is -1.82. The van der Waals surface area contributed by atoms with Gasteiger partial charge >= 0.3 is 0 Å². The van der Waals surface area contributed by atoms with Gasteiger partial charge in [0.1, 0.15) is 5.82 Å². The number of hydrogen-bond acceptors (Lipinski definition) is 5. The van der Waals surface area contributed by atoms with Crippen LogP contribution < -0.4 is 11.1 Å². The Kier molecular flexibility index (Phi) is 3.43. The number of imidazole rings is 1. The fourth-order valence-corrected chi connectivity index (χ4v) is 1.75. The summed E-state index contributed by atoms with van der Waals surface area (Å²) < 4.78 is 1.84. The predicted octanol–water partition coefficient (Wildman–Crippen LogP) is 0.884. The van der Waals surface area contributed by atoms with Gasteiger partial charge in [0.2, 0.25) is 0 Å². The molecule has 0 spiro atoms. The van der Waals surface area contributed by atoms with Gasteiger partial charge in [-0.25, -0.2) is 9.97 Å². The van der Waals surface area contributed by atoms with E-state index in [4.69, 9.17) is 10.8 Å². The standard InChI is InChI=1S/C11H17N5O/c1-8(3-2-6-17)14-10-11-13-4-5-16(11)7-9(12)15-10/h4-5,7-8,17H,2-3,6,12H2,1H3,(H,14,15). The molecule has 0 amide bonds. The Morgan fingerprint density at radius 2 is 2.41 bits per heavy atom. The molecule has 0 aromatic carbocycles. The van der Waals surface area contributed by atoms with Crippen LogP contribution in [0.3, 0.4) is 0 Å². The van der Waals surface area contributed by atoms with Crippen LogP contribution in [-0.4, -0.2) is 32.1 Å². The van der Waals surface area contributed by atoms with Crippen LogP contribution in [0.15, 0.2) is 18.6 Å². The highest BCUT2D eigenvalue weighted by Gasteiger charge is 2.09. The normalized spacial score (nSPS) is 12.8. The average Bonchev–Trinajstić information content (AvgIpc) is 2.74. The molecule has 0 bridgehead atoms. The first-order valence-electron chi connectivity index (χ1n) is 5.67. The summed E-state index contributed by atoms with van der Waals surface area (Å²) in [7, 11) is 0. The number of hydrogen-bond donors (Lipinski definition) is 3. The molecule has 0 radical (unpaired) electrons. The Morgan fingerprint density at radius 3 is 3.18 bits per heavy atom. The summed E-state index contributed by atoms with van der Waals surface area (Å²) in [4.78, 5) is 8.47. The van der Waals surface area contributed by atoms with Crippen LogP contribution in [0.1, 0.15) is 19.8 Å². The Balaban J connectivity index is 2.19. The third kappa shape index (κ3) is 2.65. The molecule has 0 saturated heterocycles. The maximum atomic E-state index is 8.78. The summed E-state index contributed by atoms with van der Waals surface area (Å²) in [6, 6.07) is 0.219. The minimum Gasteiger partial charge on any atom is -0.396 e. The van der Waals surface area contributed by atoms with Crippen LogP contribution in [0, 0.1) is 0 Å². The number of nitrogens with two attached hydrogens (primary N) is 1. The summed E-state index contributed by atoms with van der Waals surface area (Å²) in [5.74, 6) is 1.13. The van der Waals surface area contributed by atoms with Crippen LogP contribution in [0.5, 0.6) is 0 Å². The first-order valence-corrected chi connectivity index (χ1v) is 5.67. The van der Waals surface area contributed by atoms with Crippen LogP contribution in [0.2, 0.25) is 0 Å². The molecule has 2 aromatic heterocycles. The lowest BCUT2D eigenvalue weighted by atomic mass is 10.2. The molecule has 92 valence electrons. The Morgan fingerprint density at radius 1 is 1.59 bits per heavy atom. The van der Waals surface area contributed by atoms with E-state index in [0.29, 0.717) is 11.6 Å². The predicted molar refractivity (Wildman–Crippen MR) is 66.8 cm³/mol. The molecule has 6 heteroatoms. The van der Waals surface area contributed by atoms with E-state index in [1.807, 2.05) is 17.5 Å². The topological polar surface area (TPSA) is 88.5 Å². The van der Waals surface area contributed by atoms with Crippen molar-refractivity contribution < 1.29 is 5.11 Å². The Labute approximate surface area is 99.5 Å². The van der Waals surface area contributed by atoms with Gasteiger partial charge in [-0.05, 0) is 19.8 Å². The largest absolute Gasteiger partial charge is 0.396 e. The van der Waals surface area contributed by atoms with Crippen LogP contribution >= 0.6 is 0 Å². The zero-order chi connectivity index (χ0) is 12.3. The monoisotopic (exact) mass is 235 g/mol. The van der Waals surface area contributed by atoms with Crippen molar-refractivity contribution >= 4 is 17.3 Å². The van der Waals surface area contributed by atoms with Crippen molar-refractivity contribution in [2.24, 2.45) is 0 Å². The van der Waals surface area contributed by atoms with E-state index in [2.05, 4.69) is 15.3 Å². The van der Waals surface area contributed by atoms with Gasteiger partial charge < -0.3 is 20.6 Å². The number of nitrogen functional groups attached to an aromatic ring is 1. The molecule has 0 saturated carbocycles. The zero-order valence-corrected chi connectivity index (χ0v) is 9.80. The molecular formula is C11H17N5O. The maximum absolute atomic E-state index is 8.78. The number of aliphatic hydroxyl groups excluding tert-OH is 1. The number of aromatic nitrogens is 3. The van der Waals surface area contributed by atoms with Crippen molar-refractivity contribution in [1.82, 2.24) is 14.4 Å². The van der Waals surface area contributed by atoms with E-state index in [1.54, 1.807) is 12.4 Å². The van der Waals surface area contributed by atoms with Crippen molar-refractivity contribution in [3.05, 3.63) is 18.6 Å². The minimum atomic E-state index is 0.204.